The zero-order valence-corrected chi connectivity index (χ0v) is 18.6. The number of nitrogens with zero attached hydrogens (tertiary/aromatic N) is 4. The molecule has 5 nitrogen and oxygen atoms in total. The second kappa shape index (κ2) is 9.81. The van der Waals surface area contributed by atoms with Crippen molar-refractivity contribution >= 4 is 0 Å². The fourth-order valence-electron chi connectivity index (χ4n) is 4.87. The van der Waals surface area contributed by atoms with E-state index in [4.69, 9.17) is 5.26 Å². The number of hydrogen-bond acceptors (Lipinski definition) is 4. The minimum Gasteiger partial charge on any atom is -0.348 e. The van der Waals surface area contributed by atoms with Gasteiger partial charge in [0.05, 0.1) is 29.4 Å². The van der Waals surface area contributed by atoms with Crippen molar-refractivity contribution in [2.45, 2.75) is 32.6 Å². The number of rotatable bonds is 7. The van der Waals surface area contributed by atoms with Crippen LogP contribution in [0.4, 0.5) is 0 Å². The molecular weight excluding hydrogens is 394 g/mol. The number of nitriles is 2. The molecule has 1 aliphatic rings. The number of likely N-dealkylation sites (tertiary alicyclic amines) is 1. The number of aryl methyl sites for hydroxylation is 1. The summed E-state index contributed by atoms with van der Waals surface area (Å²) >= 11 is 0. The number of H-pyrrole nitrogens is 1. The summed E-state index contributed by atoms with van der Waals surface area (Å²) in [6, 6.07) is 21.2. The van der Waals surface area contributed by atoms with E-state index in [9.17, 15) is 5.26 Å². The van der Waals surface area contributed by atoms with Gasteiger partial charge in [-0.1, -0.05) is 36.4 Å². The van der Waals surface area contributed by atoms with Gasteiger partial charge in [-0.3, -0.25) is 0 Å². The van der Waals surface area contributed by atoms with Crippen molar-refractivity contribution < 1.29 is 0 Å². The highest BCUT2D eigenvalue weighted by Gasteiger charge is 2.43. The predicted octanol–water partition coefficient (Wildman–Crippen LogP) is 4.45. The summed E-state index contributed by atoms with van der Waals surface area (Å²) in [4.78, 5) is 9.80. The van der Waals surface area contributed by atoms with Crippen molar-refractivity contribution in [2.24, 2.45) is 11.3 Å². The molecule has 3 aromatic rings. The van der Waals surface area contributed by atoms with Crippen molar-refractivity contribution in [3.63, 3.8) is 0 Å². The molecule has 1 aromatic heterocycles. The Hall–Kier alpha value is -3.41. The maximum atomic E-state index is 10.5. The Kier molecular flexibility index (Phi) is 6.69. The van der Waals surface area contributed by atoms with Gasteiger partial charge in [-0.25, -0.2) is 4.98 Å². The standard InChI is InChI=1S/C27H29N5/c1-21-4-2-3-5-24(21)15-27(19-29)11-13-32(12-10-26-17-30-20-31-26)18-25(27)14-22-6-8-23(16-28)9-7-22/h2-9,17,20,25H,10-15,18H2,1H3,(H,30,31). The molecule has 2 unspecified atom stereocenters. The van der Waals surface area contributed by atoms with Crippen LogP contribution in [-0.2, 0) is 19.3 Å². The van der Waals surface area contributed by atoms with Crippen LogP contribution in [0.3, 0.4) is 0 Å². The minimum absolute atomic E-state index is 0.218. The number of nitrogens with one attached hydrogen (secondary N) is 1. The average molecular weight is 424 g/mol. The number of benzene rings is 2. The Balaban J connectivity index is 1.57. The zero-order chi connectivity index (χ0) is 22.4. The van der Waals surface area contributed by atoms with Crippen LogP contribution in [0.5, 0.6) is 0 Å². The number of aromatic amines is 1. The Morgan fingerprint density at radius 3 is 2.66 bits per heavy atom. The molecule has 1 N–H and O–H groups in total. The van der Waals surface area contributed by atoms with Gasteiger partial charge >= 0.3 is 0 Å². The van der Waals surface area contributed by atoms with E-state index >= 15 is 0 Å². The lowest BCUT2D eigenvalue weighted by Crippen LogP contribution is -2.49. The summed E-state index contributed by atoms with van der Waals surface area (Å²) in [5, 5.41) is 19.6. The van der Waals surface area contributed by atoms with Gasteiger partial charge < -0.3 is 9.88 Å². The quantitative estimate of drug-likeness (QED) is 0.609. The highest BCUT2D eigenvalue weighted by atomic mass is 15.1. The van der Waals surface area contributed by atoms with Gasteiger partial charge in [0, 0.05) is 31.4 Å². The van der Waals surface area contributed by atoms with Crippen molar-refractivity contribution in [1.29, 1.82) is 10.5 Å². The molecular formula is C27H29N5. The fourth-order valence-corrected chi connectivity index (χ4v) is 4.87. The molecule has 162 valence electrons. The maximum absolute atomic E-state index is 10.5. The molecule has 2 atom stereocenters. The first-order chi connectivity index (χ1) is 15.6. The summed E-state index contributed by atoms with van der Waals surface area (Å²) in [6.45, 7) is 4.92. The monoisotopic (exact) mass is 423 g/mol. The molecule has 0 aliphatic carbocycles. The molecule has 5 heteroatoms. The molecule has 4 rings (SSSR count). The molecule has 0 radical (unpaired) electrons. The van der Waals surface area contributed by atoms with E-state index < -0.39 is 5.41 Å². The Morgan fingerprint density at radius 2 is 1.97 bits per heavy atom. The summed E-state index contributed by atoms with van der Waals surface area (Å²) in [6.07, 6.45) is 7.03. The van der Waals surface area contributed by atoms with Crippen molar-refractivity contribution in [3.05, 3.63) is 89.0 Å². The van der Waals surface area contributed by atoms with Gasteiger partial charge in [0.2, 0.25) is 0 Å². The van der Waals surface area contributed by atoms with E-state index in [1.165, 1.54) is 16.7 Å². The summed E-state index contributed by atoms with van der Waals surface area (Å²) in [7, 11) is 0. The minimum atomic E-state index is -0.398. The highest BCUT2D eigenvalue weighted by molar-refractivity contribution is 5.33. The second-order valence-corrected chi connectivity index (χ2v) is 8.96. The third kappa shape index (κ3) is 4.90. The first-order valence-corrected chi connectivity index (χ1v) is 11.3. The van der Waals surface area contributed by atoms with E-state index in [1.807, 2.05) is 30.5 Å². The molecule has 2 heterocycles. The van der Waals surface area contributed by atoms with Crippen LogP contribution in [0.15, 0.2) is 61.1 Å². The normalized spacial score (nSPS) is 21.0. The third-order valence-corrected chi connectivity index (χ3v) is 6.94. The van der Waals surface area contributed by atoms with Crippen LogP contribution >= 0.6 is 0 Å². The number of piperidine rings is 1. The molecule has 2 aromatic carbocycles. The van der Waals surface area contributed by atoms with Gasteiger partial charge in [0.25, 0.3) is 0 Å². The lowest BCUT2D eigenvalue weighted by Gasteiger charge is -2.44. The second-order valence-electron chi connectivity index (χ2n) is 8.96. The van der Waals surface area contributed by atoms with Gasteiger partial charge in [0.15, 0.2) is 0 Å². The Labute approximate surface area is 190 Å². The molecule has 32 heavy (non-hydrogen) atoms. The van der Waals surface area contributed by atoms with Gasteiger partial charge in [-0.15, -0.1) is 0 Å². The van der Waals surface area contributed by atoms with Crippen molar-refractivity contribution in [1.82, 2.24) is 14.9 Å². The highest BCUT2D eigenvalue weighted by Crippen LogP contribution is 2.41. The number of aromatic nitrogens is 2. The van der Waals surface area contributed by atoms with Crippen LogP contribution in [0, 0.1) is 40.9 Å². The van der Waals surface area contributed by atoms with Crippen molar-refractivity contribution in [3.8, 4) is 12.1 Å². The number of imidazole rings is 1. The zero-order valence-electron chi connectivity index (χ0n) is 18.6. The molecule has 1 fully saturated rings. The molecule has 1 saturated heterocycles. The maximum Gasteiger partial charge on any atom is 0.0991 e. The molecule has 0 spiro atoms. The van der Waals surface area contributed by atoms with Crippen LogP contribution < -0.4 is 0 Å². The van der Waals surface area contributed by atoms with Crippen LogP contribution in [0.25, 0.3) is 0 Å². The lowest BCUT2D eigenvalue weighted by atomic mass is 9.65. The number of hydrogen-bond donors (Lipinski definition) is 1. The topological polar surface area (TPSA) is 79.5 Å². The summed E-state index contributed by atoms with van der Waals surface area (Å²) in [5.41, 5.74) is 5.13. The van der Waals surface area contributed by atoms with Crippen LogP contribution in [0.1, 0.15) is 34.4 Å². The lowest BCUT2D eigenvalue weighted by molar-refractivity contribution is 0.0738. The van der Waals surface area contributed by atoms with Crippen molar-refractivity contribution in [2.75, 3.05) is 19.6 Å². The SMILES string of the molecule is Cc1ccccc1CC1(C#N)CCN(CCc2cnc[nH]2)CC1Cc1ccc(C#N)cc1. The van der Waals surface area contributed by atoms with E-state index in [1.54, 1.807) is 6.33 Å². The third-order valence-electron chi connectivity index (χ3n) is 6.94. The Morgan fingerprint density at radius 1 is 1.16 bits per heavy atom. The van der Waals surface area contributed by atoms with E-state index in [2.05, 4.69) is 58.2 Å². The summed E-state index contributed by atoms with van der Waals surface area (Å²) < 4.78 is 0. The van der Waals surface area contributed by atoms with Gasteiger partial charge in [0.1, 0.15) is 0 Å². The first-order valence-electron chi connectivity index (χ1n) is 11.3. The van der Waals surface area contributed by atoms with Crippen LogP contribution in [-0.4, -0.2) is 34.5 Å². The first kappa shape index (κ1) is 21.8. The van der Waals surface area contributed by atoms with Gasteiger partial charge in [-0.05, 0) is 67.5 Å². The summed E-state index contributed by atoms with van der Waals surface area (Å²) in [5.74, 6) is 0.218. The molecule has 0 bridgehead atoms. The predicted molar refractivity (Wildman–Crippen MR) is 125 cm³/mol. The molecule has 1 aliphatic heterocycles. The molecule has 0 amide bonds. The van der Waals surface area contributed by atoms with Gasteiger partial charge in [-0.2, -0.15) is 10.5 Å². The van der Waals surface area contributed by atoms with E-state index in [0.29, 0.717) is 5.56 Å². The molecule has 0 saturated carbocycles. The average Bonchev–Trinajstić information content (AvgIpc) is 3.35. The van der Waals surface area contributed by atoms with E-state index in [0.717, 1.165) is 51.0 Å². The Bertz CT molecular complexity index is 1100. The smallest absolute Gasteiger partial charge is 0.0991 e. The largest absolute Gasteiger partial charge is 0.348 e. The van der Waals surface area contributed by atoms with Crippen LogP contribution in [0.2, 0.25) is 0 Å². The van der Waals surface area contributed by atoms with E-state index in [-0.39, 0.29) is 5.92 Å². The fraction of sp³-hybridized carbons (Fsp3) is 0.370.